The molecule has 1 atom stereocenters. The Morgan fingerprint density at radius 2 is 1.83 bits per heavy atom. The molecule has 1 aliphatic heterocycles. The Hall–Kier alpha value is -1.69. The van der Waals surface area contributed by atoms with Gasteiger partial charge < -0.3 is 10.5 Å². The van der Waals surface area contributed by atoms with Crippen molar-refractivity contribution in [3.63, 3.8) is 0 Å². The molecule has 0 amide bonds. The molecule has 23 heavy (non-hydrogen) atoms. The van der Waals surface area contributed by atoms with Crippen molar-refractivity contribution < 1.29 is 4.74 Å². The first-order chi connectivity index (χ1) is 11.1. The Balaban J connectivity index is 1.85. The fourth-order valence-electron chi connectivity index (χ4n) is 2.87. The Bertz CT molecular complexity index is 684. The number of nitrogen functional groups attached to an aromatic ring is 1. The van der Waals surface area contributed by atoms with E-state index in [9.17, 15) is 0 Å². The molecule has 5 nitrogen and oxygen atoms in total. The lowest BCUT2D eigenvalue weighted by Gasteiger charge is -2.32. The van der Waals surface area contributed by atoms with E-state index < -0.39 is 0 Å². The topological polar surface area (TPSA) is 64.3 Å². The summed E-state index contributed by atoms with van der Waals surface area (Å²) < 4.78 is 5.42. The van der Waals surface area contributed by atoms with Crippen LogP contribution in [-0.4, -0.2) is 41.2 Å². The molecule has 0 spiro atoms. The number of aromatic nitrogens is 2. The highest BCUT2D eigenvalue weighted by Gasteiger charge is 2.19. The molecule has 0 radical (unpaired) electrons. The zero-order chi connectivity index (χ0) is 16.4. The summed E-state index contributed by atoms with van der Waals surface area (Å²) in [7, 11) is 0. The second kappa shape index (κ2) is 6.83. The predicted molar refractivity (Wildman–Crippen MR) is 92.4 cm³/mol. The van der Waals surface area contributed by atoms with Crippen LogP contribution in [0.2, 0.25) is 5.02 Å². The second-order valence-electron chi connectivity index (χ2n) is 5.78. The molecule has 2 heterocycles. The minimum Gasteiger partial charge on any atom is -0.379 e. The molecule has 1 unspecified atom stereocenters. The van der Waals surface area contributed by atoms with Crippen LogP contribution in [0.25, 0.3) is 11.3 Å². The molecule has 3 rings (SSSR count). The van der Waals surface area contributed by atoms with Gasteiger partial charge in [-0.3, -0.25) is 4.90 Å². The predicted octanol–water partition coefficient (Wildman–Crippen LogP) is 3.08. The van der Waals surface area contributed by atoms with Gasteiger partial charge in [-0.2, -0.15) is 0 Å². The number of nitrogens with two attached hydrogens (primary N) is 1. The van der Waals surface area contributed by atoms with E-state index in [0.717, 1.165) is 31.9 Å². The smallest absolute Gasteiger partial charge is 0.220 e. The number of anilines is 1. The van der Waals surface area contributed by atoms with E-state index in [1.807, 2.05) is 19.1 Å². The second-order valence-corrected chi connectivity index (χ2v) is 6.15. The summed E-state index contributed by atoms with van der Waals surface area (Å²) in [5, 5.41) is 0.549. The van der Waals surface area contributed by atoms with E-state index in [-0.39, 0.29) is 5.95 Å². The number of ether oxygens (including phenoxy) is 1. The van der Waals surface area contributed by atoms with Crippen molar-refractivity contribution in [1.82, 2.24) is 14.9 Å². The minimum absolute atomic E-state index is 0.243. The molecule has 0 aliphatic carbocycles. The fraction of sp³-hybridized carbons (Fsp3) is 0.412. The number of benzene rings is 1. The van der Waals surface area contributed by atoms with E-state index in [1.165, 1.54) is 5.56 Å². The lowest BCUT2D eigenvalue weighted by Crippen LogP contribution is -2.37. The maximum Gasteiger partial charge on any atom is 0.220 e. The molecule has 0 bridgehead atoms. The van der Waals surface area contributed by atoms with Gasteiger partial charge in [0.05, 0.1) is 29.6 Å². The lowest BCUT2D eigenvalue weighted by molar-refractivity contribution is 0.0198. The van der Waals surface area contributed by atoms with Crippen LogP contribution >= 0.6 is 11.6 Å². The molecule has 1 fully saturated rings. The van der Waals surface area contributed by atoms with Gasteiger partial charge in [-0.05, 0) is 19.4 Å². The molecule has 1 aliphatic rings. The fourth-order valence-corrected chi connectivity index (χ4v) is 3.06. The summed E-state index contributed by atoms with van der Waals surface area (Å²) in [6.07, 6.45) is 0. The Kier molecular flexibility index (Phi) is 4.80. The van der Waals surface area contributed by atoms with Gasteiger partial charge in [0, 0.05) is 24.7 Å². The molecular formula is C17H21ClN4O. The monoisotopic (exact) mass is 332 g/mol. The molecule has 1 aromatic carbocycles. The largest absolute Gasteiger partial charge is 0.379 e. The van der Waals surface area contributed by atoms with E-state index in [2.05, 4.69) is 33.9 Å². The van der Waals surface area contributed by atoms with E-state index in [1.54, 1.807) is 0 Å². The number of rotatable bonds is 3. The van der Waals surface area contributed by atoms with Crippen molar-refractivity contribution >= 4 is 17.5 Å². The SMILES string of the molecule is Cc1nc(N)nc(-c2ccc(C(C)N3CCOCC3)cc2)c1Cl. The first-order valence-electron chi connectivity index (χ1n) is 7.78. The third kappa shape index (κ3) is 3.47. The summed E-state index contributed by atoms with van der Waals surface area (Å²) in [5.41, 5.74) is 9.34. The number of hydrogen-bond acceptors (Lipinski definition) is 5. The Morgan fingerprint density at radius 3 is 2.48 bits per heavy atom. The van der Waals surface area contributed by atoms with Crippen molar-refractivity contribution in [3.05, 3.63) is 40.5 Å². The Morgan fingerprint density at radius 1 is 1.17 bits per heavy atom. The molecule has 0 saturated carbocycles. The third-order valence-corrected chi connectivity index (χ3v) is 4.75. The van der Waals surface area contributed by atoms with Gasteiger partial charge in [0.2, 0.25) is 5.95 Å². The van der Waals surface area contributed by atoms with Crippen LogP contribution in [0.15, 0.2) is 24.3 Å². The first kappa shape index (κ1) is 16.2. The number of hydrogen-bond donors (Lipinski definition) is 1. The highest BCUT2D eigenvalue weighted by molar-refractivity contribution is 6.33. The normalized spacial score (nSPS) is 17.2. The first-order valence-corrected chi connectivity index (χ1v) is 8.16. The summed E-state index contributed by atoms with van der Waals surface area (Å²) in [5.74, 6) is 0.243. The summed E-state index contributed by atoms with van der Waals surface area (Å²) in [6, 6.07) is 8.69. The van der Waals surface area contributed by atoms with Gasteiger partial charge in [-0.1, -0.05) is 35.9 Å². The molecule has 2 N–H and O–H groups in total. The van der Waals surface area contributed by atoms with Crippen molar-refractivity contribution in [2.45, 2.75) is 19.9 Å². The van der Waals surface area contributed by atoms with Crippen LogP contribution in [-0.2, 0) is 4.74 Å². The van der Waals surface area contributed by atoms with Crippen molar-refractivity contribution in [2.24, 2.45) is 0 Å². The van der Waals surface area contributed by atoms with Crippen LogP contribution in [0.3, 0.4) is 0 Å². The quantitative estimate of drug-likeness (QED) is 0.935. The van der Waals surface area contributed by atoms with E-state index >= 15 is 0 Å². The van der Waals surface area contributed by atoms with Gasteiger partial charge in [-0.25, -0.2) is 9.97 Å². The molecule has 122 valence electrons. The molecule has 1 saturated heterocycles. The number of nitrogens with zero attached hydrogens (tertiary/aromatic N) is 3. The van der Waals surface area contributed by atoms with Gasteiger partial charge in [0.1, 0.15) is 0 Å². The van der Waals surface area contributed by atoms with Crippen LogP contribution in [0.1, 0.15) is 24.2 Å². The minimum atomic E-state index is 0.243. The lowest BCUT2D eigenvalue weighted by atomic mass is 10.0. The average molecular weight is 333 g/mol. The Labute approximate surface area is 141 Å². The van der Waals surface area contributed by atoms with E-state index in [0.29, 0.717) is 22.5 Å². The molecule has 1 aromatic heterocycles. The highest BCUT2D eigenvalue weighted by Crippen LogP contribution is 2.30. The maximum absolute atomic E-state index is 6.32. The van der Waals surface area contributed by atoms with Gasteiger partial charge in [0.25, 0.3) is 0 Å². The summed E-state index contributed by atoms with van der Waals surface area (Å²) in [6.45, 7) is 7.60. The van der Waals surface area contributed by atoms with Gasteiger partial charge >= 0.3 is 0 Å². The molecule has 6 heteroatoms. The number of aryl methyl sites for hydroxylation is 1. The van der Waals surface area contributed by atoms with Crippen LogP contribution in [0, 0.1) is 6.92 Å². The highest BCUT2D eigenvalue weighted by atomic mass is 35.5. The van der Waals surface area contributed by atoms with Crippen LogP contribution < -0.4 is 5.73 Å². The zero-order valence-corrected chi connectivity index (χ0v) is 14.2. The summed E-state index contributed by atoms with van der Waals surface area (Å²) in [4.78, 5) is 10.8. The van der Waals surface area contributed by atoms with Gasteiger partial charge in [-0.15, -0.1) is 0 Å². The van der Waals surface area contributed by atoms with E-state index in [4.69, 9.17) is 22.1 Å². The summed E-state index contributed by atoms with van der Waals surface area (Å²) >= 11 is 6.32. The van der Waals surface area contributed by atoms with Crippen molar-refractivity contribution in [2.75, 3.05) is 32.0 Å². The average Bonchev–Trinajstić information content (AvgIpc) is 2.58. The zero-order valence-electron chi connectivity index (χ0n) is 13.4. The standard InChI is InChI=1S/C17H21ClN4O/c1-11-15(18)16(21-17(19)20-11)14-5-3-13(4-6-14)12(2)22-7-9-23-10-8-22/h3-6,12H,7-10H2,1-2H3,(H2,19,20,21). The van der Waals surface area contributed by atoms with Crippen molar-refractivity contribution in [3.8, 4) is 11.3 Å². The van der Waals surface area contributed by atoms with Crippen molar-refractivity contribution in [1.29, 1.82) is 0 Å². The number of morpholine rings is 1. The van der Waals surface area contributed by atoms with Crippen LogP contribution in [0.4, 0.5) is 5.95 Å². The van der Waals surface area contributed by atoms with Crippen LogP contribution in [0.5, 0.6) is 0 Å². The number of halogens is 1. The molecule has 2 aromatic rings. The third-order valence-electron chi connectivity index (χ3n) is 4.29. The molecular weight excluding hydrogens is 312 g/mol. The van der Waals surface area contributed by atoms with Gasteiger partial charge in [0.15, 0.2) is 0 Å². The maximum atomic E-state index is 6.32.